The van der Waals surface area contributed by atoms with Gasteiger partial charge in [-0.15, -0.1) is 35.3 Å². The third kappa shape index (κ3) is 6.82. The lowest BCUT2D eigenvalue weighted by molar-refractivity contribution is 0.224. The summed E-state index contributed by atoms with van der Waals surface area (Å²) in [6.45, 7) is 5.29. The highest BCUT2D eigenvalue weighted by molar-refractivity contribution is 14.0. The predicted octanol–water partition coefficient (Wildman–Crippen LogP) is 3.86. The average molecular weight is 481 g/mol. The first-order valence-corrected chi connectivity index (χ1v) is 8.55. The number of rotatable bonds is 6. The Bertz CT molecular complexity index is 665. The normalized spacial score (nSPS) is 12.2. The maximum Gasteiger partial charge on any atom is 0.191 e. The van der Waals surface area contributed by atoms with Crippen LogP contribution < -0.4 is 15.4 Å². The highest BCUT2D eigenvalue weighted by Gasteiger charge is 2.08. The number of nitrogens with one attached hydrogen (secondary N) is 2. The molecule has 1 unspecified atom stereocenters. The van der Waals surface area contributed by atoms with E-state index < -0.39 is 0 Å². The van der Waals surface area contributed by atoms with E-state index >= 15 is 0 Å². The zero-order valence-electron chi connectivity index (χ0n) is 13.9. The fourth-order valence-electron chi connectivity index (χ4n) is 1.90. The topological polar surface area (TPSA) is 58.5 Å². The molecule has 0 aliphatic rings. The summed E-state index contributed by atoms with van der Waals surface area (Å²) in [5.41, 5.74) is 0. The molecule has 132 valence electrons. The summed E-state index contributed by atoms with van der Waals surface area (Å²) in [6.07, 6.45) is 1.83. The minimum Gasteiger partial charge on any atom is -0.487 e. The third-order valence-corrected chi connectivity index (χ3v) is 4.25. The number of thiazole rings is 1. The van der Waals surface area contributed by atoms with Crippen LogP contribution in [0.2, 0.25) is 5.02 Å². The number of guanidine groups is 1. The van der Waals surface area contributed by atoms with Gasteiger partial charge in [0.25, 0.3) is 0 Å². The Balaban J connectivity index is 0.00000288. The average Bonchev–Trinajstić information content (AvgIpc) is 2.95. The molecule has 2 N–H and O–H groups in total. The van der Waals surface area contributed by atoms with E-state index in [-0.39, 0.29) is 30.1 Å². The number of aryl methyl sites for hydroxylation is 1. The van der Waals surface area contributed by atoms with Crippen LogP contribution in [0.1, 0.15) is 16.8 Å². The first-order chi connectivity index (χ1) is 11.1. The Labute approximate surface area is 168 Å². The third-order valence-electron chi connectivity index (χ3n) is 3.02. The maximum atomic E-state index is 6.09. The summed E-state index contributed by atoms with van der Waals surface area (Å²) in [5.74, 6) is 1.40. The molecule has 1 aromatic carbocycles. The Morgan fingerprint density at radius 1 is 1.38 bits per heavy atom. The fraction of sp³-hybridized carbons (Fsp3) is 0.375. The van der Waals surface area contributed by atoms with Crippen molar-refractivity contribution in [3.63, 3.8) is 0 Å². The summed E-state index contributed by atoms with van der Waals surface area (Å²) >= 11 is 7.76. The minimum absolute atomic E-state index is 0. The van der Waals surface area contributed by atoms with Crippen LogP contribution in [0.3, 0.4) is 0 Å². The lowest BCUT2D eigenvalue weighted by atomic mass is 10.3. The van der Waals surface area contributed by atoms with E-state index in [1.54, 1.807) is 18.4 Å². The molecule has 2 aromatic rings. The number of benzene rings is 1. The van der Waals surface area contributed by atoms with E-state index in [4.69, 9.17) is 16.3 Å². The van der Waals surface area contributed by atoms with Gasteiger partial charge in [0.2, 0.25) is 0 Å². The van der Waals surface area contributed by atoms with Crippen LogP contribution in [-0.2, 0) is 6.54 Å². The Morgan fingerprint density at radius 2 is 2.12 bits per heavy atom. The smallest absolute Gasteiger partial charge is 0.191 e. The molecule has 0 aliphatic heterocycles. The summed E-state index contributed by atoms with van der Waals surface area (Å²) < 4.78 is 5.82. The number of hydrogen-bond acceptors (Lipinski definition) is 4. The molecule has 0 amide bonds. The standard InChI is InChI=1S/C16H21ClN4OS.HI/c1-11(22-14-7-5-4-6-13(14)17)8-20-16(18-3)21-10-15-19-9-12(2)23-15;/h4-7,9,11H,8,10H2,1-3H3,(H2,18,20,21);1H. The van der Waals surface area contributed by atoms with Crippen molar-refractivity contribution in [2.75, 3.05) is 13.6 Å². The lowest BCUT2D eigenvalue weighted by Gasteiger charge is -2.18. The predicted molar refractivity (Wildman–Crippen MR) is 112 cm³/mol. The molecule has 0 fully saturated rings. The molecule has 2 rings (SSSR count). The van der Waals surface area contributed by atoms with Gasteiger partial charge >= 0.3 is 0 Å². The maximum absolute atomic E-state index is 6.09. The van der Waals surface area contributed by atoms with Crippen molar-refractivity contribution in [1.29, 1.82) is 0 Å². The van der Waals surface area contributed by atoms with Gasteiger partial charge in [-0.05, 0) is 26.0 Å². The number of hydrogen-bond donors (Lipinski definition) is 2. The van der Waals surface area contributed by atoms with Crippen LogP contribution >= 0.6 is 46.9 Å². The van der Waals surface area contributed by atoms with Gasteiger partial charge in [-0.2, -0.15) is 0 Å². The van der Waals surface area contributed by atoms with Crippen LogP contribution in [0.5, 0.6) is 5.75 Å². The number of nitrogens with zero attached hydrogens (tertiary/aromatic N) is 2. The van der Waals surface area contributed by atoms with E-state index in [0.717, 1.165) is 5.01 Å². The molecule has 1 atom stereocenters. The first-order valence-electron chi connectivity index (χ1n) is 7.35. The lowest BCUT2D eigenvalue weighted by Crippen LogP contribution is -2.41. The Kier molecular flexibility index (Phi) is 9.38. The molecule has 0 radical (unpaired) electrons. The summed E-state index contributed by atoms with van der Waals surface area (Å²) in [4.78, 5) is 9.71. The van der Waals surface area contributed by atoms with E-state index in [1.165, 1.54) is 4.88 Å². The molecule has 0 bridgehead atoms. The molecule has 5 nitrogen and oxygen atoms in total. The molecule has 1 aromatic heterocycles. The molecular formula is C16H22ClIN4OS. The van der Waals surface area contributed by atoms with Crippen molar-refractivity contribution in [2.24, 2.45) is 4.99 Å². The summed E-state index contributed by atoms with van der Waals surface area (Å²) in [6, 6.07) is 7.45. The molecule has 0 saturated heterocycles. The van der Waals surface area contributed by atoms with Crippen LogP contribution in [0.25, 0.3) is 0 Å². The number of para-hydroxylation sites is 1. The quantitative estimate of drug-likeness (QED) is 0.375. The van der Waals surface area contributed by atoms with Gasteiger partial charge in [-0.3, -0.25) is 4.99 Å². The largest absolute Gasteiger partial charge is 0.487 e. The summed E-state index contributed by atoms with van der Waals surface area (Å²) in [7, 11) is 1.74. The van der Waals surface area contributed by atoms with E-state index in [1.807, 2.05) is 44.3 Å². The number of ether oxygens (including phenoxy) is 1. The number of halogens is 2. The zero-order chi connectivity index (χ0) is 16.7. The van der Waals surface area contributed by atoms with Crippen LogP contribution in [0.4, 0.5) is 0 Å². The monoisotopic (exact) mass is 480 g/mol. The molecule has 0 spiro atoms. The van der Waals surface area contributed by atoms with Crippen LogP contribution in [-0.4, -0.2) is 30.6 Å². The van der Waals surface area contributed by atoms with Crippen LogP contribution in [0.15, 0.2) is 35.5 Å². The van der Waals surface area contributed by atoms with Crippen molar-refractivity contribution < 1.29 is 4.74 Å². The minimum atomic E-state index is -0.0458. The highest BCUT2D eigenvalue weighted by Crippen LogP contribution is 2.23. The molecule has 0 saturated carbocycles. The second-order valence-electron chi connectivity index (χ2n) is 5.03. The van der Waals surface area contributed by atoms with E-state index in [2.05, 4.69) is 20.6 Å². The van der Waals surface area contributed by atoms with Gasteiger partial charge in [0.05, 0.1) is 18.1 Å². The number of aromatic nitrogens is 1. The van der Waals surface area contributed by atoms with Crippen molar-refractivity contribution >= 4 is 52.9 Å². The van der Waals surface area contributed by atoms with E-state index in [0.29, 0.717) is 29.8 Å². The van der Waals surface area contributed by atoms with E-state index in [9.17, 15) is 0 Å². The SMILES string of the molecule is CN=C(NCc1ncc(C)s1)NCC(C)Oc1ccccc1Cl.I. The second-order valence-corrected chi connectivity index (χ2v) is 6.76. The molecule has 0 aliphatic carbocycles. The van der Waals surface area contributed by atoms with Gasteiger partial charge in [-0.25, -0.2) is 4.98 Å². The van der Waals surface area contributed by atoms with Gasteiger partial charge in [0.15, 0.2) is 5.96 Å². The van der Waals surface area contributed by atoms with Gasteiger partial charge in [-0.1, -0.05) is 23.7 Å². The molecule has 24 heavy (non-hydrogen) atoms. The fourth-order valence-corrected chi connectivity index (χ4v) is 2.81. The van der Waals surface area contributed by atoms with Crippen LogP contribution in [0, 0.1) is 6.92 Å². The second kappa shape index (κ2) is 10.7. The van der Waals surface area contributed by atoms with Crippen molar-refractivity contribution in [2.45, 2.75) is 26.5 Å². The van der Waals surface area contributed by atoms with Gasteiger partial charge < -0.3 is 15.4 Å². The Hall–Kier alpha value is -1.06. The Morgan fingerprint density at radius 3 is 2.75 bits per heavy atom. The van der Waals surface area contributed by atoms with Crippen molar-refractivity contribution in [1.82, 2.24) is 15.6 Å². The van der Waals surface area contributed by atoms with Gasteiger partial charge in [0.1, 0.15) is 16.9 Å². The molecular weight excluding hydrogens is 459 g/mol. The number of aliphatic imine (C=N–C) groups is 1. The van der Waals surface area contributed by atoms with Crippen molar-refractivity contribution in [3.8, 4) is 5.75 Å². The van der Waals surface area contributed by atoms with Gasteiger partial charge in [0, 0.05) is 18.1 Å². The summed E-state index contributed by atoms with van der Waals surface area (Å²) in [5, 5.41) is 8.11. The molecule has 8 heteroatoms. The first kappa shape index (κ1) is 21.0. The van der Waals surface area contributed by atoms with Crippen molar-refractivity contribution in [3.05, 3.63) is 45.4 Å². The highest BCUT2D eigenvalue weighted by atomic mass is 127. The zero-order valence-corrected chi connectivity index (χ0v) is 17.8. The molecule has 1 heterocycles.